The second-order valence-electron chi connectivity index (χ2n) is 5.34. The average Bonchev–Trinajstić information content (AvgIpc) is 2.53. The van der Waals surface area contributed by atoms with Crippen molar-refractivity contribution in [2.75, 3.05) is 11.9 Å². The van der Waals surface area contributed by atoms with Crippen LogP contribution in [0.2, 0.25) is 0 Å². The summed E-state index contributed by atoms with van der Waals surface area (Å²) in [6.07, 6.45) is 2.10. The van der Waals surface area contributed by atoms with E-state index in [9.17, 15) is 0 Å². The van der Waals surface area contributed by atoms with E-state index in [1.165, 1.54) is 16.8 Å². The molecule has 1 atom stereocenters. The molecule has 0 bridgehead atoms. The third-order valence-electron chi connectivity index (χ3n) is 3.57. The van der Waals surface area contributed by atoms with Gasteiger partial charge in [-0.25, -0.2) is 0 Å². The molecule has 0 saturated heterocycles. The lowest BCUT2D eigenvalue weighted by Crippen LogP contribution is -2.06. The van der Waals surface area contributed by atoms with Gasteiger partial charge in [0.1, 0.15) is 5.75 Å². The van der Waals surface area contributed by atoms with E-state index in [2.05, 4.69) is 62.5 Å². The Morgan fingerprint density at radius 2 is 1.81 bits per heavy atom. The highest BCUT2D eigenvalue weighted by molar-refractivity contribution is 5.48. The first-order chi connectivity index (χ1) is 10.2. The molecule has 0 aliphatic carbocycles. The SMILES string of the molecule is CCCOc1ccc(C(C)Nc2cccc(CC)c2)cc1. The van der Waals surface area contributed by atoms with Crippen LogP contribution in [0.25, 0.3) is 0 Å². The van der Waals surface area contributed by atoms with Gasteiger partial charge in [0.25, 0.3) is 0 Å². The van der Waals surface area contributed by atoms with Crippen LogP contribution in [0.3, 0.4) is 0 Å². The summed E-state index contributed by atoms with van der Waals surface area (Å²) >= 11 is 0. The molecule has 2 aromatic carbocycles. The van der Waals surface area contributed by atoms with Crippen molar-refractivity contribution in [3.05, 3.63) is 59.7 Å². The van der Waals surface area contributed by atoms with Crippen molar-refractivity contribution in [1.29, 1.82) is 0 Å². The molecule has 0 fully saturated rings. The van der Waals surface area contributed by atoms with E-state index in [1.54, 1.807) is 0 Å². The summed E-state index contributed by atoms with van der Waals surface area (Å²) in [6.45, 7) is 7.25. The first-order valence-corrected chi connectivity index (χ1v) is 7.81. The van der Waals surface area contributed by atoms with Crippen LogP contribution >= 0.6 is 0 Å². The van der Waals surface area contributed by atoms with Gasteiger partial charge >= 0.3 is 0 Å². The number of rotatable bonds is 7. The standard InChI is InChI=1S/C19H25NO/c1-4-13-21-19-11-9-17(10-12-19)15(3)20-18-8-6-7-16(5-2)14-18/h6-12,14-15,20H,4-5,13H2,1-3H3. The quantitative estimate of drug-likeness (QED) is 0.753. The molecule has 0 radical (unpaired) electrons. The van der Waals surface area contributed by atoms with Crippen molar-refractivity contribution in [3.8, 4) is 5.75 Å². The average molecular weight is 283 g/mol. The predicted octanol–water partition coefficient (Wildman–Crippen LogP) is 5.21. The van der Waals surface area contributed by atoms with Gasteiger partial charge in [-0.1, -0.05) is 38.1 Å². The third kappa shape index (κ3) is 4.52. The highest BCUT2D eigenvalue weighted by atomic mass is 16.5. The summed E-state index contributed by atoms with van der Waals surface area (Å²) in [5.41, 5.74) is 3.80. The van der Waals surface area contributed by atoms with Crippen molar-refractivity contribution in [2.24, 2.45) is 0 Å². The summed E-state index contributed by atoms with van der Waals surface area (Å²) in [5, 5.41) is 3.55. The zero-order valence-corrected chi connectivity index (χ0v) is 13.2. The number of ether oxygens (including phenoxy) is 1. The summed E-state index contributed by atoms with van der Waals surface area (Å²) in [6, 6.07) is 17.2. The van der Waals surface area contributed by atoms with Gasteiger partial charge in [-0.05, 0) is 55.2 Å². The maximum Gasteiger partial charge on any atom is 0.119 e. The molecule has 0 saturated carbocycles. The Morgan fingerprint density at radius 3 is 2.48 bits per heavy atom. The van der Waals surface area contributed by atoms with Gasteiger partial charge in [-0.3, -0.25) is 0 Å². The van der Waals surface area contributed by atoms with E-state index in [1.807, 2.05) is 12.1 Å². The van der Waals surface area contributed by atoms with Gasteiger partial charge in [0.2, 0.25) is 0 Å². The van der Waals surface area contributed by atoms with Gasteiger partial charge in [-0.15, -0.1) is 0 Å². The number of nitrogens with one attached hydrogen (secondary N) is 1. The number of hydrogen-bond donors (Lipinski definition) is 1. The number of benzene rings is 2. The summed E-state index contributed by atoms with van der Waals surface area (Å²) in [5.74, 6) is 0.945. The number of aryl methyl sites for hydroxylation is 1. The fourth-order valence-corrected chi connectivity index (χ4v) is 2.29. The van der Waals surface area contributed by atoms with E-state index in [-0.39, 0.29) is 6.04 Å². The van der Waals surface area contributed by atoms with E-state index < -0.39 is 0 Å². The van der Waals surface area contributed by atoms with Crippen LogP contribution in [-0.2, 0) is 6.42 Å². The lowest BCUT2D eigenvalue weighted by Gasteiger charge is -2.17. The normalized spacial score (nSPS) is 12.0. The Kier molecular flexibility index (Phi) is 5.68. The molecule has 0 spiro atoms. The van der Waals surface area contributed by atoms with Gasteiger partial charge in [0.15, 0.2) is 0 Å². The highest BCUT2D eigenvalue weighted by Crippen LogP contribution is 2.22. The van der Waals surface area contributed by atoms with Gasteiger partial charge in [-0.2, -0.15) is 0 Å². The smallest absolute Gasteiger partial charge is 0.119 e. The predicted molar refractivity (Wildman–Crippen MR) is 90.1 cm³/mol. The molecule has 0 aromatic heterocycles. The van der Waals surface area contributed by atoms with E-state index in [4.69, 9.17) is 4.74 Å². The second-order valence-corrected chi connectivity index (χ2v) is 5.34. The van der Waals surface area contributed by atoms with Crippen LogP contribution in [0.15, 0.2) is 48.5 Å². The third-order valence-corrected chi connectivity index (χ3v) is 3.57. The molecule has 0 aliphatic heterocycles. The molecule has 0 aliphatic rings. The van der Waals surface area contributed by atoms with Crippen LogP contribution in [0.5, 0.6) is 5.75 Å². The Bertz CT molecular complexity index is 548. The van der Waals surface area contributed by atoms with Gasteiger partial charge < -0.3 is 10.1 Å². The Labute approximate surface area is 128 Å². The molecule has 0 amide bonds. The van der Waals surface area contributed by atoms with Crippen molar-refractivity contribution in [3.63, 3.8) is 0 Å². The Morgan fingerprint density at radius 1 is 1.05 bits per heavy atom. The fraction of sp³-hybridized carbons (Fsp3) is 0.368. The molecule has 112 valence electrons. The molecule has 2 nitrogen and oxygen atoms in total. The fourth-order valence-electron chi connectivity index (χ4n) is 2.29. The number of hydrogen-bond acceptors (Lipinski definition) is 2. The van der Waals surface area contributed by atoms with E-state index in [0.29, 0.717) is 0 Å². The van der Waals surface area contributed by atoms with Crippen molar-refractivity contribution >= 4 is 5.69 Å². The lowest BCUT2D eigenvalue weighted by molar-refractivity contribution is 0.317. The zero-order chi connectivity index (χ0) is 15.1. The topological polar surface area (TPSA) is 21.3 Å². The first-order valence-electron chi connectivity index (χ1n) is 7.81. The highest BCUT2D eigenvalue weighted by Gasteiger charge is 2.06. The molecule has 1 unspecified atom stereocenters. The Balaban J connectivity index is 2.00. The van der Waals surface area contributed by atoms with E-state index in [0.717, 1.165) is 25.2 Å². The van der Waals surface area contributed by atoms with Gasteiger partial charge in [0, 0.05) is 11.7 Å². The van der Waals surface area contributed by atoms with Crippen molar-refractivity contribution in [1.82, 2.24) is 0 Å². The molecule has 2 heteroatoms. The summed E-state index contributed by atoms with van der Waals surface area (Å²) < 4.78 is 5.62. The van der Waals surface area contributed by atoms with Crippen LogP contribution < -0.4 is 10.1 Å². The largest absolute Gasteiger partial charge is 0.494 e. The van der Waals surface area contributed by atoms with Crippen LogP contribution in [-0.4, -0.2) is 6.61 Å². The molecular formula is C19H25NO. The molecular weight excluding hydrogens is 258 g/mol. The van der Waals surface area contributed by atoms with Crippen molar-refractivity contribution in [2.45, 2.75) is 39.7 Å². The second kappa shape index (κ2) is 7.72. The molecule has 2 rings (SSSR count). The van der Waals surface area contributed by atoms with Crippen LogP contribution in [0.4, 0.5) is 5.69 Å². The zero-order valence-electron chi connectivity index (χ0n) is 13.2. The lowest BCUT2D eigenvalue weighted by atomic mass is 10.1. The van der Waals surface area contributed by atoms with Crippen LogP contribution in [0.1, 0.15) is 44.4 Å². The van der Waals surface area contributed by atoms with Gasteiger partial charge in [0.05, 0.1) is 6.61 Å². The van der Waals surface area contributed by atoms with Crippen molar-refractivity contribution < 1.29 is 4.74 Å². The van der Waals surface area contributed by atoms with E-state index >= 15 is 0 Å². The first kappa shape index (κ1) is 15.4. The summed E-state index contributed by atoms with van der Waals surface area (Å²) in [4.78, 5) is 0. The Hall–Kier alpha value is -1.96. The minimum absolute atomic E-state index is 0.275. The van der Waals surface area contributed by atoms with Crippen LogP contribution in [0, 0.1) is 0 Å². The summed E-state index contributed by atoms with van der Waals surface area (Å²) in [7, 11) is 0. The molecule has 0 heterocycles. The minimum atomic E-state index is 0.275. The molecule has 2 aromatic rings. The molecule has 1 N–H and O–H groups in total. The minimum Gasteiger partial charge on any atom is -0.494 e. The maximum atomic E-state index is 5.62. The molecule has 21 heavy (non-hydrogen) atoms. The maximum absolute atomic E-state index is 5.62. The monoisotopic (exact) mass is 283 g/mol. The number of anilines is 1.